The minimum atomic E-state index is 0. The summed E-state index contributed by atoms with van der Waals surface area (Å²) in [4.78, 5) is 6.91. The van der Waals surface area contributed by atoms with Gasteiger partial charge in [-0.05, 0) is 30.5 Å². The SMILES string of the molecule is CN=C(NCc1ccccc1C)NCC(c1cccc(C)c1)N1CCOCC1.I. The van der Waals surface area contributed by atoms with Gasteiger partial charge in [-0.25, -0.2) is 0 Å². The van der Waals surface area contributed by atoms with Crippen molar-refractivity contribution in [2.45, 2.75) is 26.4 Å². The molecule has 29 heavy (non-hydrogen) atoms. The van der Waals surface area contributed by atoms with Gasteiger partial charge in [-0.1, -0.05) is 54.1 Å². The number of hydrogen-bond acceptors (Lipinski definition) is 3. The van der Waals surface area contributed by atoms with Crippen LogP contribution in [0.4, 0.5) is 0 Å². The van der Waals surface area contributed by atoms with Gasteiger partial charge in [-0.3, -0.25) is 9.89 Å². The number of ether oxygens (including phenoxy) is 1. The highest BCUT2D eigenvalue weighted by Gasteiger charge is 2.23. The van der Waals surface area contributed by atoms with E-state index in [2.05, 4.69) is 82.9 Å². The van der Waals surface area contributed by atoms with Crippen molar-refractivity contribution in [3.05, 3.63) is 70.8 Å². The van der Waals surface area contributed by atoms with Crippen LogP contribution in [0.25, 0.3) is 0 Å². The van der Waals surface area contributed by atoms with Gasteiger partial charge < -0.3 is 15.4 Å². The maximum absolute atomic E-state index is 5.56. The molecule has 3 rings (SSSR count). The van der Waals surface area contributed by atoms with Crippen LogP contribution in [0.2, 0.25) is 0 Å². The van der Waals surface area contributed by atoms with Gasteiger partial charge >= 0.3 is 0 Å². The Kier molecular flexibility index (Phi) is 9.90. The molecular formula is C23H33IN4O. The number of aryl methyl sites for hydroxylation is 2. The van der Waals surface area contributed by atoms with Gasteiger partial charge in [-0.2, -0.15) is 0 Å². The molecule has 0 aliphatic carbocycles. The van der Waals surface area contributed by atoms with Crippen molar-refractivity contribution in [3.63, 3.8) is 0 Å². The summed E-state index contributed by atoms with van der Waals surface area (Å²) in [6.07, 6.45) is 0. The minimum absolute atomic E-state index is 0. The maximum atomic E-state index is 5.56. The molecule has 158 valence electrons. The summed E-state index contributed by atoms with van der Waals surface area (Å²) in [6, 6.07) is 17.5. The summed E-state index contributed by atoms with van der Waals surface area (Å²) in [6.45, 7) is 9.35. The molecule has 1 heterocycles. The fourth-order valence-corrected chi connectivity index (χ4v) is 3.63. The lowest BCUT2D eigenvalue weighted by atomic mass is 10.0. The van der Waals surface area contributed by atoms with Crippen molar-refractivity contribution in [2.75, 3.05) is 39.9 Å². The number of benzene rings is 2. The van der Waals surface area contributed by atoms with E-state index in [1.165, 1.54) is 22.3 Å². The third-order valence-corrected chi connectivity index (χ3v) is 5.31. The Hall–Kier alpha value is -1.64. The van der Waals surface area contributed by atoms with Crippen molar-refractivity contribution in [3.8, 4) is 0 Å². The monoisotopic (exact) mass is 508 g/mol. The summed E-state index contributed by atoms with van der Waals surface area (Å²) in [7, 11) is 1.82. The van der Waals surface area contributed by atoms with Gasteiger partial charge in [0.15, 0.2) is 5.96 Å². The number of aliphatic imine (C=N–C) groups is 1. The van der Waals surface area contributed by atoms with Gasteiger partial charge in [0.05, 0.1) is 19.3 Å². The number of guanidine groups is 1. The number of hydrogen-bond donors (Lipinski definition) is 2. The van der Waals surface area contributed by atoms with Crippen LogP contribution >= 0.6 is 24.0 Å². The molecule has 1 fully saturated rings. The van der Waals surface area contributed by atoms with E-state index in [4.69, 9.17) is 4.74 Å². The summed E-state index contributed by atoms with van der Waals surface area (Å²) >= 11 is 0. The number of halogens is 1. The summed E-state index contributed by atoms with van der Waals surface area (Å²) in [5.74, 6) is 0.828. The summed E-state index contributed by atoms with van der Waals surface area (Å²) < 4.78 is 5.56. The molecule has 1 unspecified atom stereocenters. The zero-order chi connectivity index (χ0) is 19.8. The average Bonchev–Trinajstić information content (AvgIpc) is 2.72. The smallest absolute Gasteiger partial charge is 0.191 e. The van der Waals surface area contributed by atoms with E-state index < -0.39 is 0 Å². The zero-order valence-corrected chi connectivity index (χ0v) is 20.0. The highest BCUT2D eigenvalue weighted by Crippen LogP contribution is 2.22. The van der Waals surface area contributed by atoms with Gasteiger partial charge in [0.25, 0.3) is 0 Å². The van der Waals surface area contributed by atoms with E-state index in [1.54, 1.807) is 0 Å². The van der Waals surface area contributed by atoms with Crippen molar-refractivity contribution in [1.82, 2.24) is 15.5 Å². The second kappa shape index (κ2) is 12.1. The lowest BCUT2D eigenvalue weighted by molar-refractivity contribution is 0.0170. The Morgan fingerprint density at radius 2 is 1.83 bits per heavy atom. The van der Waals surface area contributed by atoms with Crippen molar-refractivity contribution < 1.29 is 4.74 Å². The van der Waals surface area contributed by atoms with Crippen molar-refractivity contribution in [1.29, 1.82) is 0 Å². The minimum Gasteiger partial charge on any atom is -0.379 e. The lowest BCUT2D eigenvalue weighted by Crippen LogP contribution is -2.46. The van der Waals surface area contributed by atoms with E-state index >= 15 is 0 Å². The molecule has 2 aromatic rings. The molecule has 0 radical (unpaired) electrons. The van der Waals surface area contributed by atoms with E-state index in [0.717, 1.165) is 45.4 Å². The Morgan fingerprint density at radius 3 is 2.52 bits per heavy atom. The van der Waals surface area contributed by atoms with E-state index in [9.17, 15) is 0 Å². The van der Waals surface area contributed by atoms with Crippen LogP contribution in [0, 0.1) is 13.8 Å². The van der Waals surface area contributed by atoms with Gasteiger partial charge in [0.1, 0.15) is 0 Å². The van der Waals surface area contributed by atoms with E-state index in [0.29, 0.717) is 6.04 Å². The predicted molar refractivity (Wildman–Crippen MR) is 131 cm³/mol. The number of morpholine rings is 1. The third-order valence-electron chi connectivity index (χ3n) is 5.31. The first-order chi connectivity index (χ1) is 13.7. The Morgan fingerprint density at radius 1 is 1.07 bits per heavy atom. The van der Waals surface area contributed by atoms with Gasteiger partial charge in [-0.15, -0.1) is 24.0 Å². The molecule has 1 atom stereocenters. The molecule has 2 aromatic carbocycles. The number of nitrogens with one attached hydrogen (secondary N) is 2. The highest BCUT2D eigenvalue weighted by molar-refractivity contribution is 14.0. The molecule has 1 aliphatic rings. The lowest BCUT2D eigenvalue weighted by Gasteiger charge is -2.35. The first-order valence-corrected chi connectivity index (χ1v) is 10.0. The zero-order valence-electron chi connectivity index (χ0n) is 17.6. The fraction of sp³-hybridized carbons (Fsp3) is 0.435. The predicted octanol–water partition coefficient (Wildman–Crippen LogP) is 3.66. The quantitative estimate of drug-likeness (QED) is 0.356. The molecule has 0 amide bonds. The van der Waals surface area contributed by atoms with Gasteiger partial charge in [0, 0.05) is 33.2 Å². The van der Waals surface area contributed by atoms with Crippen LogP contribution in [0.3, 0.4) is 0 Å². The van der Waals surface area contributed by atoms with E-state index in [1.807, 2.05) is 7.05 Å². The Labute approximate surface area is 192 Å². The standard InChI is InChI=1S/C23H32N4O.HI/c1-18-7-6-10-20(15-18)22(27-11-13-28-14-12-27)17-26-23(24-3)25-16-21-9-5-4-8-19(21)2;/h4-10,15,22H,11-14,16-17H2,1-3H3,(H2,24,25,26);1H. The number of rotatable bonds is 6. The van der Waals surface area contributed by atoms with E-state index in [-0.39, 0.29) is 24.0 Å². The first kappa shape index (κ1) is 23.6. The first-order valence-electron chi connectivity index (χ1n) is 10.0. The molecule has 0 aromatic heterocycles. The van der Waals surface area contributed by atoms with Crippen molar-refractivity contribution >= 4 is 29.9 Å². The van der Waals surface area contributed by atoms with Crippen LogP contribution in [-0.4, -0.2) is 50.8 Å². The molecule has 6 heteroatoms. The molecule has 1 saturated heterocycles. The summed E-state index contributed by atoms with van der Waals surface area (Å²) in [5, 5.41) is 6.97. The average molecular weight is 508 g/mol. The second-order valence-electron chi connectivity index (χ2n) is 7.31. The number of nitrogens with zero attached hydrogens (tertiary/aromatic N) is 2. The molecular weight excluding hydrogens is 475 g/mol. The molecule has 2 N–H and O–H groups in total. The topological polar surface area (TPSA) is 48.9 Å². The fourth-order valence-electron chi connectivity index (χ4n) is 3.63. The third kappa shape index (κ3) is 6.97. The molecule has 0 saturated carbocycles. The van der Waals surface area contributed by atoms with Crippen LogP contribution in [0.5, 0.6) is 0 Å². The summed E-state index contributed by atoms with van der Waals surface area (Å²) in [5.41, 5.74) is 5.20. The molecule has 0 spiro atoms. The van der Waals surface area contributed by atoms with Crippen LogP contribution in [0.1, 0.15) is 28.3 Å². The largest absolute Gasteiger partial charge is 0.379 e. The Bertz CT molecular complexity index is 790. The highest BCUT2D eigenvalue weighted by atomic mass is 127. The van der Waals surface area contributed by atoms with Crippen LogP contribution < -0.4 is 10.6 Å². The van der Waals surface area contributed by atoms with Crippen molar-refractivity contribution in [2.24, 2.45) is 4.99 Å². The molecule has 5 nitrogen and oxygen atoms in total. The second-order valence-corrected chi connectivity index (χ2v) is 7.31. The molecule has 1 aliphatic heterocycles. The van der Waals surface area contributed by atoms with Crippen LogP contribution in [0.15, 0.2) is 53.5 Å². The van der Waals surface area contributed by atoms with Crippen LogP contribution in [-0.2, 0) is 11.3 Å². The normalized spacial score (nSPS) is 16.0. The van der Waals surface area contributed by atoms with Gasteiger partial charge in [0.2, 0.25) is 0 Å². The Balaban J connectivity index is 0.00000300. The maximum Gasteiger partial charge on any atom is 0.191 e. The molecule has 0 bridgehead atoms.